The maximum atomic E-state index is 4.92. The van der Waals surface area contributed by atoms with Crippen molar-refractivity contribution in [3.63, 3.8) is 0 Å². The summed E-state index contributed by atoms with van der Waals surface area (Å²) in [6.07, 6.45) is 3.44. The Morgan fingerprint density at radius 1 is 1.60 bits per heavy atom. The van der Waals surface area contributed by atoms with Gasteiger partial charge in [0.1, 0.15) is 0 Å². The number of hydrogen-bond donors (Lipinski definition) is 0. The highest BCUT2D eigenvalue weighted by Crippen LogP contribution is 2.07. The molecule has 1 aromatic heterocycles. The average Bonchev–Trinajstić information content (AvgIpc) is 2.12. The van der Waals surface area contributed by atoms with Crippen molar-refractivity contribution in [2.75, 3.05) is 14.1 Å². The normalized spacial score (nSPS) is 11.9. The summed E-state index contributed by atoms with van der Waals surface area (Å²) >= 11 is 0. The van der Waals surface area contributed by atoms with Crippen molar-refractivity contribution in [3.8, 4) is 0 Å². The summed E-state index contributed by atoms with van der Waals surface area (Å²) in [7, 11) is 8.04. The predicted molar refractivity (Wildman–Crippen MR) is 39.9 cm³/mol. The number of nitrogens with zero attached hydrogens (tertiary/aromatic N) is 1. The molecule has 1 aromatic rings. The van der Waals surface area contributed by atoms with Crippen LogP contribution in [-0.4, -0.2) is 18.6 Å². The molecular formula is C8H13NO. The standard InChI is InChI=1S/C8H13NO/c1-9(2,3)6-8-4-5-10-7-8/h4-5,7H,1,6H2,2-3H3. The molecule has 0 unspecified atom stereocenters. The van der Waals surface area contributed by atoms with Crippen LogP contribution in [0.25, 0.3) is 0 Å². The molecule has 2 heteroatoms. The summed E-state index contributed by atoms with van der Waals surface area (Å²) in [6.45, 7) is 0.913. The minimum atomic E-state index is 0.694. The highest BCUT2D eigenvalue weighted by molar-refractivity contribution is 5.02. The van der Waals surface area contributed by atoms with E-state index in [1.54, 1.807) is 12.5 Å². The Kier molecular flexibility index (Phi) is 1.81. The van der Waals surface area contributed by atoms with Crippen LogP contribution in [0, 0.1) is 7.05 Å². The zero-order valence-corrected chi connectivity index (χ0v) is 6.50. The van der Waals surface area contributed by atoms with Gasteiger partial charge in [-0.1, -0.05) is 0 Å². The van der Waals surface area contributed by atoms with Crippen molar-refractivity contribution in [1.29, 1.82) is 0 Å². The first-order valence-electron chi connectivity index (χ1n) is 3.26. The van der Waals surface area contributed by atoms with Gasteiger partial charge in [-0.3, -0.25) is 0 Å². The van der Waals surface area contributed by atoms with E-state index in [1.807, 2.05) is 20.2 Å². The summed E-state index contributed by atoms with van der Waals surface area (Å²) in [5, 5.41) is 0. The third-order valence-electron chi connectivity index (χ3n) is 1.19. The van der Waals surface area contributed by atoms with E-state index in [1.165, 1.54) is 5.56 Å². The lowest BCUT2D eigenvalue weighted by Crippen LogP contribution is -2.30. The van der Waals surface area contributed by atoms with E-state index in [9.17, 15) is 0 Å². The number of furan rings is 1. The molecule has 0 fully saturated rings. The molecule has 0 saturated heterocycles. The smallest absolute Gasteiger partial charge is 0.0990 e. The van der Waals surface area contributed by atoms with Crippen LogP contribution in [0.5, 0.6) is 0 Å². The zero-order chi connectivity index (χ0) is 7.61. The van der Waals surface area contributed by atoms with Crippen LogP contribution < -0.4 is 0 Å². The van der Waals surface area contributed by atoms with Crippen molar-refractivity contribution in [2.24, 2.45) is 0 Å². The largest absolute Gasteiger partial charge is 0.472 e. The van der Waals surface area contributed by atoms with Gasteiger partial charge >= 0.3 is 0 Å². The van der Waals surface area contributed by atoms with Gasteiger partial charge < -0.3 is 8.90 Å². The van der Waals surface area contributed by atoms with E-state index in [0.717, 1.165) is 6.54 Å². The van der Waals surface area contributed by atoms with E-state index < -0.39 is 0 Å². The van der Waals surface area contributed by atoms with Gasteiger partial charge in [-0.2, -0.15) is 0 Å². The fourth-order valence-corrected chi connectivity index (χ4v) is 0.877. The number of hydrogen-bond acceptors (Lipinski definition) is 1. The van der Waals surface area contributed by atoms with Crippen LogP contribution in [-0.2, 0) is 6.54 Å². The monoisotopic (exact) mass is 139 g/mol. The van der Waals surface area contributed by atoms with Gasteiger partial charge in [-0.15, -0.1) is 7.05 Å². The molecule has 0 saturated carbocycles. The Bertz CT molecular complexity index is 184. The lowest BCUT2D eigenvalue weighted by Gasteiger charge is -2.31. The summed E-state index contributed by atoms with van der Waals surface area (Å²) in [5.41, 5.74) is 1.19. The summed E-state index contributed by atoms with van der Waals surface area (Å²) in [4.78, 5) is 0. The quantitative estimate of drug-likeness (QED) is 0.448. The second-order valence-electron chi connectivity index (χ2n) is 3.23. The van der Waals surface area contributed by atoms with Gasteiger partial charge in [0.05, 0.1) is 19.1 Å². The molecule has 0 radical (unpaired) electrons. The van der Waals surface area contributed by atoms with Gasteiger partial charge in [-0.25, -0.2) is 0 Å². The molecule has 0 N–H and O–H groups in total. The van der Waals surface area contributed by atoms with Crippen molar-refractivity contribution >= 4 is 0 Å². The minimum absolute atomic E-state index is 0.694. The minimum Gasteiger partial charge on any atom is -0.472 e. The third-order valence-corrected chi connectivity index (χ3v) is 1.19. The lowest BCUT2D eigenvalue weighted by atomic mass is 10.3. The molecule has 10 heavy (non-hydrogen) atoms. The van der Waals surface area contributed by atoms with Gasteiger partial charge in [0.2, 0.25) is 0 Å². The van der Waals surface area contributed by atoms with Gasteiger partial charge in [-0.05, 0) is 6.07 Å². The lowest BCUT2D eigenvalue weighted by molar-refractivity contribution is -0.859. The Labute approximate surface area is 61.7 Å². The second-order valence-corrected chi connectivity index (χ2v) is 3.23. The van der Waals surface area contributed by atoms with Gasteiger partial charge in [0, 0.05) is 19.7 Å². The molecule has 0 aliphatic heterocycles. The summed E-state index contributed by atoms with van der Waals surface area (Å²) in [6, 6.07) is 1.96. The molecule has 0 aromatic carbocycles. The van der Waals surface area contributed by atoms with Gasteiger partial charge in [0.15, 0.2) is 0 Å². The van der Waals surface area contributed by atoms with Crippen molar-refractivity contribution in [2.45, 2.75) is 6.54 Å². The van der Waals surface area contributed by atoms with E-state index >= 15 is 0 Å². The fraction of sp³-hybridized carbons (Fsp3) is 0.375. The van der Waals surface area contributed by atoms with Crippen molar-refractivity contribution < 1.29 is 8.90 Å². The summed E-state index contributed by atoms with van der Waals surface area (Å²) in [5.74, 6) is 0. The van der Waals surface area contributed by atoms with Gasteiger partial charge in [0.25, 0.3) is 0 Å². The molecule has 1 rings (SSSR count). The molecule has 56 valence electrons. The van der Waals surface area contributed by atoms with Crippen LogP contribution in [0.3, 0.4) is 0 Å². The predicted octanol–water partition coefficient (Wildman–Crippen LogP) is 1.65. The van der Waals surface area contributed by atoms with E-state index in [4.69, 9.17) is 4.42 Å². The fourth-order valence-electron chi connectivity index (χ4n) is 0.877. The van der Waals surface area contributed by atoms with Crippen LogP contribution in [0.1, 0.15) is 5.56 Å². The van der Waals surface area contributed by atoms with Crippen LogP contribution in [0.2, 0.25) is 0 Å². The second kappa shape index (κ2) is 2.46. The SMILES string of the molecule is [CH2-][N+](C)(C)Cc1ccoc1. The first-order valence-corrected chi connectivity index (χ1v) is 3.26. The van der Waals surface area contributed by atoms with Crippen LogP contribution in [0.15, 0.2) is 23.0 Å². The number of rotatable bonds is 2. The maximum absolute atomic E-state index is 4.92. The first kappa shape index (κ1) is 7.35. The molecule has 0 bridgehead atoms. The molecule has 2 nitrogen and oxygen atoms in total. The molecule has 0 amide bonds. The number of quaternary nitrogens is 1. The molecule has 1 heterocycles. The van der Waals surface area contributed by atoms with Crippen molar-refractivity contribution in [1.82, 2.24) is 0 Å². The van der Waals surface area contributed by atoms with E-state index in [0.29, 0.717) is 4.48 Å². The molecular weight excluding hydrogens is 126 g/mol. The molecule has 0 aliphatic rings. The highest BCUT2D eigenvalue weighted by atomic mass is 16.3. The maximum Gasteiger partial charge on any atom is 0.0990 e. The Morgan fingerprint density at radius 3 is 2.70 bits per heavy atom. The van der Waals surface area contributed by atoms with E-state index in [-0.39, 0.29) is 0 Å². The third kappa shape index (κ3) is 2.23. The molecule has 0 atom stereocenters. The summed E-state index contributed by atoms with van der Waals surface area (Å²) < 4.78 is 5.62. The Morgan fingerprint density at radius 2 is 2.30 bits per heavy atom. The average molecular weight is 139 g/mol. The van der Waals surface area contributed by atoms with Crippen LogP contribution >= 0.6 is 0 Å². The Hall–Kier alpha value is -0.760. The Balaban J connectivity index is 2.57. The molecule has 0 spiro atoms. The zero-order valence-electron chi connectivity index (χ0n) is 6.50. The van der Waals surface area contributed by atoms with E-state index in [2.05, 4.69) is 7.05 Å². The topological polar surface area (TPSA) is 13.1 Å². The highest BCUT2D eigenvalue weighted by Gasteiger charge is 2.02. The molecule has 0 aliphatic carbocycles. The van der Waals surface area contributed by atoms with Crippen molar-refractivity contribution in [3.05, 3.63) is 31.2 Å². The first-order chi connectivity index (χ1) is 4.58. The van der Waals surface area contributed by atoms with Crippen LogP contribution in [0.4, 0.5) is 0 Å².